The summed E-state index contributed by atoms with van der Waals surface area (Å²) in [6.07, 6.45) is 3.38. The van der Waals surface area contributed by atoms with Crippen molar-refractivity contribution >= 4 is 9.84 Å². The van der Waals surface area contributed by atoms with Crippen molar-refractivity contribution in [3.05, 3.63) is 0 Å². The summed E-state index contributed by atoms with van der Waals surface area (Å²) < 4.78 is 23.1. The van der Waals surface area contributed by atoms with E-state index < -0.39 is 9.84 Å². The Morgan fingerprint density at radius 1 is 1.21 bits per heavy atom. The molecule has 19 heavy (non-hydrogen) atoms. The van der Waals surface area contributed by atoms with Crippen LogP contribution >= 0.6 is 0 Å². The molecule has 6 heteroatoms. The maximum atomic E-state index is 11.5. The Morgan fingerprint density at radius 2 is 1.74 bits per heavy atom. The van der Waals surface area contributed by atoms with E-state index in [2.05, 4.69) is 38.3 Å². The average molecular weight is 293 g/mol. The van der Waals surface area contributed by atoms with E-state index in [0.29, 0.717) is 6.42 Å². The van der Waals surface area contributed by atoms with Crippen molar-refractivity contribution in [2.45, 2.75) is 58.0 Å². The van der Waals surface area contributed by atoms with Gasteiger partial charge in [0.2, 0.25) is 0 Å². The second kappa shape index (κ2) is 8.19. The Labute approximate surface area is 118 Å². The van der Waals surface area contributed by atoms with Gasteiger partial charge in [0.05, 0.1) is 5.75 Å². The number of nitrogens with zero attached hydrogens (tertiary/aromatic N) is 1. The van der Waals surface area contributed by atoms with Gasteiger partial charge in [0.1, 0.15) is 9.84 Å². The molecule has 0 saturated carbocycles. The first kappa shape index (κ1) is 18.8. The molecule has 5 nitrogen and oxygen atoms in total. The van der Waals surface area contributed by atoms with E-state index in [-0.39, 0.29) is 23.1 Å². The fraction of sp³-hybridized carbons (Fsp3) is 1.00. The Balaban J connectivity index is 4.72. The van der Waals surface area contributed by atoms with Crippen molar-refractivity contribution < 1.29 is 8.42 Å². The minimum atomic E-state index is -2.88. The summed E-state index contributed by atoms with van der Waals surface area (Å²) in [5, 5.41) is 0. The van der Waals surface area contributed by atoms with Crippen molar-refractivity contribution in [3.63, 3.8) is 0 Å². The fourth-order valence-electron chi connectivity index (χ4n) is 2.85. The highest BCUT2D eigenvalue weighted by atomic mass is 32.2. The van der Waals surface area contributed by atoms with Gasteiger partial charge in [-0.15, -0.1) is 0 Å². The van der Waals surface area contributed by atoms with Crippen LogP contribution in [0.2, 0.25) is 0 Å². The molecule has 0 aliphatic heterocycles. The van der Waals surface area contributed by atoms with Crippen molar-refractivity contribution in [2.75, 3.05) is 25.6 Å². The van der Waals surface area contributed by atoms with Crippen molar-refractivity contribution in [1.29, 1.82) is 0 Å². The number of nitrogens with two attached hydrogens (primary N) is 1. The molecule has 3 N–H and O–H groups in total. The summed E-state index contributed by atoms with van der Waals surface area (Å²) in [7, 11) is 1.23. The predicted octanol–water partition coefficient (Wildman–Crippen LogP) is 1.15. The third-order valence-corrected chi connectivity index (χ3v) is 6.14. The predicted molar refractivity (Wildman–Crippen MR) is 81.7 cm³/mol. The van der Waals surface area contributed by atoms with Crippen molar-refractivity contribution in [2.24, 2.45) is 5.84 Å². The Kier molecular flexibility index (Phi) is 8.12. The van der Waals surface area contributed by atoms with Crippen molar-refractivity contribution in [1.82, 2.24) is 10.3 Å². The maximum Gasteiger partial charge on any atom is 0.150 e. The summed E-state index contributed by atoms with van der Waals surface area (Å²) in [5.41, 5.74) is 2.87. The number of nitrogens with one attached hydrogen (secondary N) is 1. The highest BCUT2D eigenvalue weighted by molar-refractivity contribution is 7.91. The van der Waals surface area contributed by atoms with Gasteiger partial charge in [0.25, 0.3) is 0 Å². The molecule has 1 unspecified atom stereocenters. The molecule has 0 aliphatic rings. The van der Waals surface area contributed by atoms with E-state index in [0.717, 1.165) is 19.3 Å². The van der Waals surface area contributed by atoms with E-state index in [1.54, 1.807) is 6.92 Å². The van der Waals surface area contributed by atoms with Gasteiger partial charge in [-0.05, 0) is 39.8 Å². The molecule has 0 aromatic heterocycles. The van der Waals surface area contributed by atoms with Gasteiger partial charge in [-0.1, -0.05) is 20.8 Å². The second-order valence-electron chi connectivity index (χ2n) is 5.30. The lowest BCUT2D eigenvalue weighted by atomic mass is 9.81. The van der Waals surface area contributed by atoms with Gasteiger partial charge in [0, 0.05) is 17.3 Å². The quantitative estimate of drug-likeness (QED) is 0.467. The van der Waals surface area contributed by atoms with Crippen LogP contribution < -0.4 is 11.3 Å². The summed E-state index contributed by atoms with van der Waals surface area (Å²) >= 11 is 0. The smallest absolute Gasteiger partial charge is 0.150 e. The van der Waals surface area contributed by atoms with Crippen LogP contribution in [0.15, 0.2) is 0 Å². The minimum Gasteiger partial charge on any atom is -0.302 e. The van der Waals surface area contributed by atoms with Gasteiger partial charge < -0.3 is 4.90 Å². The van der Waals surface area contributed by atoms with Gasteiger partial charge >= 0.3 is 0 Å². The molecule has 0 spiro atoms. The molecule has 0 saturated heterocycles. The normalized spacial score (nSPS) is 14.9. The van der Waals surface area contributed by atoms with Crippen LogP contribution in [0.25, 0.3) is 0 Å². The molecule has 0 aliphatic carbocycles. The van der Waals surface area contributed by atoms with E-state index in [9.17, 15) is 8.42 Å². The lowest BCUT2D eigenvalue weighted by molar-refractivity contribution is 0.0839. The largest absolute Gasteiger partial charge is 0.302 e. The molecule has 1 atom stereocenters. The van der Waals surface area contributed by atoms with Crippen LogP contribution in [-0.2, 0) is 9.84 Å². The van der Waals surface area contributed by atoms with Gasteiger partial charge in [-0.3, -0.25) is 11.3 Å². The zero-order valence-corrected chi connectivity index (χ0v) is 13.9. The summed E-state index contributed by atoms with van der Waals surface area (Å²) in [4.78, 5) is 2.20. The Bertz CT molecular complexity index is 338. The fourth-order valence-corrected chi connectivity index (χ4v) is 3.74. The molecule has 0 heterocycles. The SMILES string of the molecule is CCC(CC)(C(CCCS(=O)(=O)CC)NN)N(C)C. The maximum absolute atomic E-state index is 11.5. The number of likely N-dealkylation sites (N-methyl/N-ethyl adjacent to an activating group) is 1. The van der Waals surface area contributed by atoms with Gasteiger partial charge in [-0.25, -0.2) is 8.42 Å². The molecule has 0 radical (unpaired) electrons. The standard InChI is InChI=1S/C13H31N3O2S/c1-6-13(7-2,16(4)5)12(15-14)10-9-11-19(17,18)8-3/h12,15H,6-11,14H2,1-5H3. The van der Waals surface area contributed by atoms with Crippen LogP contribution in [-0.4, -0.2) is 50.5 Å². The molecule has 0 aromatic rings. The zero-order chi connectivity index (χ0) is 15.1. The first-order valence-electron chi connectivity index (χ1n) is 7.13. The average Bonchev–Trinajstić information content (AvgIpc) is 2.38. The molecule has 116 valence electrons. The number of hydrogen-bond donors (Lipinski definition) is 2. The van der Waals surface area contributed by atoms with Gasteiger partial charge in [-0.2, -0.15) is 0 Å². The molecule has 0 bridgehead atoms. The Hall–Kier alpha value is -0.170. The molecule has 0 aromatic carbocycles. The van der Waals surface area contributed by atoms with Crippen LogP contribution in [0.1, 0.15) is 46.5 Å². The van der Waals surface area contributed by atoms with Crippen LogP contribution in [0.4, 0.5) is 0 Å². The van der Waals surface area contributed by atoms with E-state index in [1.165, 1.54) is 0 Å². The summed E-state index contributed by atoms with van der Waals surface area (Å²) in [6.45, 7) is 5.99. The van der Waals surface area contributed by atoms with Gasteiger partial charge in [0.15, 0.2) is 0 Å². The lowest BCUT2D eigenvalue weighted by Gasteiger charge is -2.45. The molecular formula is C13H31N3O2S. The highest BCUT2D eigenvalue weighted by Crippen LogP contribution is 2.28. The van der Waals surface area contributed by atoms with Crippen LogP contribution in [0.5, 0.6) is 0 Å². The number of rotatable bonds is 10. The highest BCUT2D eigenvalue weighted by Gasteiger charge is 2.36. The first-order valence-corrected chi connectivity index (χ1v) is 8.95. The van der Waals surface area contributed by atoms with Crippen molar-refractivity contribution in [3.8, 4) is 0 Å². The molecule has 0 rings (SSSR count). The van der Waals surface area contributed by atoms with E-state index in [1.807, 2.05) is 0 Å². The van der Waals surface area contributed by atoms with E-state index >= 15 is 0 Å². The third-order valence-electron chi connectivity index (χ3n) is 4.35. The number of hydrogen-bond acceptors (Lipinski definition) is 5. The molecular weight excluding hydrogens is 262 g/mol. The topological polar surface area (TPSA) is 75.4 Å². The minimum absolute atomic E-state index is 0.0231. The first-order chi connectivity index (χ1) is 8.79. The second-order valence-corrected chi connectivity index (χ2v) is 7.78. The zero-order valence-electron chi connectivity index (χ0n) is 13.1. The third kappa shape index (κ3) is 5.02. The monoisotopic (exact) mass is 293 g/mol. The van der Waals surface area contributed by atoms with E-state index in [4.69, 9.17) is 5.84 Å². The summed E-state index contributed by atoms with van der Waals surface area (Å²) in [6, 6.07) is 0.101. The van der Waals surface area contributed by atoms with Crippen LogP contribution in [0.3, 0.4) is 0 Å². The molecule has 0 fully saturated rings. The van der Waals surface area contributed by atoms with Crippen LogP contribution in [0, 0.1) is 0 Å². The molecule has 0 amide bonds. The number of hydrazine groups is 1. The lowest BCUT2D eigenvalue weighted by Crippen LogP contribution is -2.60. The number of sulfone groups is 1. The Morgan fingerprint density at radius 3 is 2.05 bits per heavy atom. The summed E-state index contributed by atoms with van der Waals surface area (Å²) in [5.74, 6) is 6.17.